The molecule has 0 radical (unpaired) electrons. The highest BCUT2D eigenvalue weighted by Crippen LogP contribution is 2.31. The van der Waals surface area contributed by atoms with Gasteiger partial charge in [-0.2, -0.15) is 0 Å². The third kappa shape index (κ3) is 3.13. The molecule has 0 spiro atoms. The molecule has 2 aromatic carbocycles. The summed E-state index contributed by atoms with van der Waals surface area (Å²) in [4.78, 5) is 0. The van der Waals surface area contributed by atoms with Crippen LogP contribution in [0.1, 0.15) is 29.5 Å². The van der Waals surface area contributed by atoms with E-state index in [1.54, 1.807) is 12.1 Å². The maximum absolute atomic E-state index is 13.0. The molecule has 3 rings (SSSR count). The van der Waals surface area contributed by atoms with Crippen LogP contribution in [0.2, 0.25) is 0 Å². The lowest BCUT2D eigenvalue weighted by Crippen LogP contribution is -2.00. The molecular formula is C20H19F. The van der Waals surface area contributed by atoms with E-state index >= 15 is 0 Å². The Labute approximate surface area is 125 Å². The van der Waals surface area contributed by atoms with Crippen LogP contribution in [-0.2, 0) is 6.42 Å². The highest BCUT2D eigenvalue weighted by atomic mass is 19.1. The zero-order valence-electron chi connectivity index (χ0n) is 12.3. The molecule has 0 fully saturated rings. The van der Waals surface area contributed by atoms with Crippen LogP contribution in [0.5, 0.6) is 0 Å². The monoisotopic (exact) mass is 278 g/mol. The van der Waals surface area contributed by atoms with Crippen molar-refractivity contribution in [2.75, 3.05) is 0 Å². The molecule has 21 heavy (non-hydrogen) atoms. The maximum atomic E-state index is 13.0. The number of aryl methyl sites for hydroxylation is 1. The average molecular weight is 278 g/mol. The Bertz CT molecular complexity index is 690. The smallest absolute Gasteiger partial charge is 0.123 e. The van der Waals surface area contributed by atoms with Gasteiger partial charge in [-0.15, -0.1) is 0 Å². The summed E-state index contributed by atoms with van der Waals surface area (Å²) in [6.45, 7) is 2.15. The lowest BCUT2D eigenvalue weighted by molar-refractivity contribution is 0.627. The second kappa shape index (κ2) is 6.09. The summed E-state index contributed by atoms with van der Waals surface area (Å²) < 4.78 is 13.0. The molecule has 0 saturated carbocycles. The summed E-state index contributed by atoms with van der Waals surface area (Å²) in [5.41, 5.74) is 6.57. The summed E-state index contributed by atoms with van der Waals surface area (Å²) in [6.07, 6.45) is 7.55. The second-order valence-electron chi connectivity index (χ2n) is 5.58. The van der Waals surface area contributed by atoms with Crippen molar-refractivity contribution in [3.63, 3.8) is 0 Å². The molecule has 0 amide bonds. The topological polar surface area (TPSA) is 0 Å². The van der Waals surface area contributed by atoms with Gasteiger partial charge >= 0.3 is 0 Å². The number of allylic oxidation sites excluding steroid dienone is 4. The van der Waals surface area contributed by atoms with Crippen LogP contribution in [-0.4, -0.2) is 0 Å². The van der Waals surface area contributed by atoms with E-state index in [0.717, 1.165) is 19.3 Å². The number of hydrogen-bond acceptors (Lipinski definition) is 0. The molecule has 0 atom stereocenters. The van der Waals surface area contributed by atoms with Gasteiger partial charge in [-0.3, -0.25) is 0 Å². The number of hydrogen-bond donors (Lipinski definition) is 0. The van der Waals surface area contributed by atoms with Crippen molar-refractivity contribution in [1.82, 2.24) is 0 Å². The standard InChI is InChI=1S/C20H19F/c1-15-6-2-4-8-19(15)20-9-5-3-7-17(20)14-16-10-12-18(21)13-11-16/h2,4-6,8-13H,3,7,14H2,1H3. The van der Waals surface area contributed by atoms with Gasteiger partial charge in [-0.25, -0.2) is 4.39 Å². The molecule has 0 bridgehead atoms. The first-order valence-electron chi connectivity index (χ1n) is 7.43. The quantitative estimate of drug-likeness (QED) is 0.697. The summed E-state index contributed by atoms with van der Waals surface area (Å²) in [6, 6.07) is 15.4. The van der Waals surface area contributed by atoms with E-state index in [4.69, 9.17) is 0 Å². The highest BCUT2D eigenvalue weighted by molar-refractivity contribution is 5.79. The molecule has 1 aliphatic rings. The number of benzene rings is 2. The molecule has 0 aromatic heterocycles. The summed E-state index contributed by atoms with van der Waals surface area (Å²) in [5, 5.41) is 0. The first-order valence-corrected chi connectivity index (χ1v) is 7.43. The molecular weight excluding hydrogens is 259 g/mol. The summed E-state index contributed by atoms with van der Waals surface area (Å²) >= 11 is 0. The molecule has 0 saturated heterocycles. The van der Waals surface area contributed by atoms with Crippen molar-refractivity contribution in [2.24, 2.45) is 0 Å². The van der Waals surface area contributed by atoms with Gasteiger partial charge in [0.2, 0.25) is 0 Å². The highest BCUT2D eigenvalue weighted by Gasteiger charge is 2.12. The van der Waals surface area contributed by atoms with E-state index in [1.807, 2.05) is 12.1 Å². The van der Waals surface area contributed by atoms with Gasteiger partial charge in [-0.1, -0.05) is 54.1 Å². The Hall–Kier alpha value is -2.15. The zero-order valence-corrected chi connectivity index (χ0v) is 12.3. The fourth-order valence-corrected chi connectivity index (χ4v) is 2.90. The van der Waals surface area contributed by atoms with Gasteiger partial charge in [0.1, 0.15) is 5.82 Å². The van der Waals surface area contributed by atoms with Gasteiger partial charge in [-0.05, 0) is 60.6 Å². The first-order chi connectivity index (χ1) is 10.2. The Morgan fingerprint density at radius 3 is 2.52 bits per heavy atom. The fraction of sp³-hybridized carbons (Fsp3) is 0.200. The number of halogens is 1. The zero-order chi connectivity index (χ0) is 14.7. The molecule has 106 valence electrons. The lowest BCUT2D eigenvalue weighted by atomic mass is 9.87. The average Bonchev–Trinajstić information content (AvgIpc) is 2.51. The summed E-state index contributed by atoms with van der Waals surface area (Å²) in [7, 11) is 0. The van der Waals surface area contributed by atoms with Crippen molar-refractivity contribution < 1.29 is 4.39 Å². The molecule has 0 nitrogen and oxygen atoms in total. The minimum Gasteiger partial charge on any atom is -0.207 e. The normalized spacial score (nSPS) is 14.6. The molecule has 0 unspecified atom stereocenters. The van der Waals surface area contributed by atoms with E-state index in [2.05, 4.69) is 43.3 Å². The van der Waals surface area contributed by atoms with Gasteiger partial charge < -0.3 is 0 Å². The Balaban J connectivity index is 1.98. The molecule has 2 aromatic rings. The van der Waals surface area contributed by atoms with Crippen LogP contribution in [0, 0.1) is 12.7 Å². The van der Waals surface area contributed by atoms with E-state index in [-0.39, 0.29) is 5.82 Å². The van der Waals surface area contributed by atoms with Crippen molar-refractivity contribution in [1.29, 1.82) is 0 Å². The molecule has 0 heterocycles. The Morgan fingerprint density at radius 1 is 1.00 bits per heavy atom. The Morgan fingerprint density at radius 2 is 1.76 bits per heavy atom. The van der Waals surface area contributed by atoms with Crippen LogP contribution >= 0.6 is 0 Å². The third-order valence-corrected chi connectivity index (χ3v) is 4.04. The Kier molecular flexibility index (Phi) is 4.01. The van der Waals surface area contributed by atoms with Crippen LogP contribution in [0.25, 0.3) is 5.57 Å². The van der Waals surface area contributed by atoms with Crippen molar-refractivity contribution in [2.45, 2.75) is 26.2 Å². The molecule has 0 aliphatic heterocycles. The van der Waals surface area contributed by atoms with Gasteiger partial charge in [0.05, 0.1) is 0 Å². The van der Waals surface area contributed by atoms with Crippen LogP contribution in [0.4, 0.5) is 4.39 Å². The van der Waals surface area contributed by atoms with Crippen LogP contribution < -0.4 is 0 Å². The fourth-order valence-electron chi connectivity index (χ4n) is 2.90. The van der Waals surface area contributed by atoms with E-state index in [0.29, 0.717) is 0 Å². The molecule has 1 aliphatic carbocycles. The van der Waals surface area contributed by atoms with Gasteiger partial charge in [0.25, 0.3) is 0 Å². The largest absolute Gasteiger partial charge is 0.207 e. The second-order valence-corrected chi connectivity index (χ2v) is 5.58. The summed E-state index contributed by atoms with van der Waals surface area (Å²) in [5.74, 6) is -0.171. The number of rotatable bonds is 3. The minimum atomic E-state index is -0.171. The van der Waals surface area contributed by atoms with Crippen molar-refractivity contribution in [3.05, 3.63) is 88.8 Å². The van der Waals surface area contributed by atoms with Crippen LogP contribution in [0.15, 0.2) is 66.3 Å². The van der Waals surface area contributed by atoms with Gasteiger partial charge in [0.15, 0.2) is 0 Å². The third-order valence-electron chi connectivity index (χ3n) is 4.04. The maximum Gasteiger partial charge on any atom is 0.123 e. The minimum absolute atomic E-state index is 0.171. The van der Waals surface area contributed by atoms with E-state index in [9.17, 15) is 4.39 Å². The van der Waals surface area contributed by atoms with Gasteiger partial charge in [0, 0.05) is 0 Å². The van der Waals surface area contributed by atoms with E-state index in [1.165, 1.54) is 27.8 Å². The lowest BCUT2D eigenvalue weighted by Gasteiger charge is -2.18. The van der Waals surface area contributed by atoms with Crippen LogP contribution in [0.3, 0.4) is 0 Å². The van der Waals surface area contributed by atoms with Crippen molar-refractivity contribution >= 4 is 5.57 Å². The first kappa shape index (κ1) is 13.8. The van der Waals surface area contributed by atoms with Crippen molar-refractivity contribution in [3.8, 4) is 0 Å². The molecule has 0 N–H and O–H groups in total. The molecule has 1 heteroatoms. The predicted octanol–water partition coefficient (Wildman–Crippen LogP) is 5.48. The predicted molar refractivity (Wildman–Crippen MR) is 86.6 cm³/mol. The SMILES string of the molecule is Cc1ccccc1C1=C(Cc2ccc(F)cc2)CCC=C1. The van der Waals surface area contributed by atoms with E-state index < -0.39 is 0 Å².